The monoisotopic (exact) mass is 677 g/mol. The van der Waals surface area contributed by atoms with E-state index in [9.17, 15) is 0 Å². The maximum atomic E-state index is 5.36. The molecule has 0 saturated heterocycles. The quantitative estimate of drug-likeness (QED) is 0.182. The molecule has 0 bridgehead atoms. The number of hydrogen-bond donors (Lipinski definition) is 0. The summed E-state index contributed by atoms with van der Waals surface area (Å²) in [7, 11) is 0. The Morgan fingerprint density at radius 2 is 0.887 bits per heavy atom. The van der Waals surface area contributed by atoms with Gasteiger partial charge in [-0.15, -0.1) is 0 Å². The van der Waals surface area contributed by atoms with Crippen molar-refractivity contribution in [1.29, 1.82) is 0 Å². The van der Waals surface area contributed by atoms with Crippen LogP contribution in [0.4, 0.5) is 0 Å². The molecule has 0 N–H and O–H groups in total. The predicted octanol–water partition coefficient (Wildman–Crippen LogP) is 12.8. The first-order valence-electron chi connectivity index (χ1n) is 18.2. The van der Waals surface area contributed by atoms with E-state index in [2.05, 4.69) is 172 Å². The average Bonchev–Trinajstić information content (AvgIpc) is 3.45. The molecular formula is C50H35N3. The summed E-state index contributed by atoms with van der Waals surface area (Å²) in [6.07, 6.45) is 0. The number of nitrogens with zero attached hydrogens (tertiary/aromatic N) is 3. The summed E-state index contributed by atoms with van der Waals surface area (Å²) >= 11 is 0. The molecule has 10 rings (SSSR count). The van der Waals surface area contributed by atoms with Gasteiger partial charge in [-0.1, -0.05) is 178 Å². The van der Waals surface area contributed by atoms with Gasteiger partial charge in [-0.2, -0.15) is 0 Å². The largest absolute Gasteiger partial charge is 0.208 e. The maximum Gasteiger partial charge on any atom is 0.165 e. The van der Waals surface area contributed by atoms with Crippen molar-refractivity contribution in [3.63, 3.8) is 0 Å². The lowest BCUT2D eigenvalue weighted by Gasteiger charge is -2.22. The van der Waals surface area contributed by atoms with Crippen LogP contribution in [-0.2, 0) is 5.41 Å². The van der Waals surface area contributed by atoms with Gasteiger partial charge in [0.15, 0.2) is 17.5 Å². The van der Waals surface area contributed by atoms with E-state index in [-0.39, 0.29) is 5.41 Å². The molecule has 9 aromatic rings. The Bertz CT molecular complexity index is 2860. The molecule has 8 aromatic carbocycles. The van der Waals surface area contributed by atoms with E-state index in [0.717, 1.165) is 49.4 Å². The van der Waals surface area contributed by atoms with Gasteiger partial charge in [0.25, 0.3) is 0 Å². The van der Waals surface area contributed by atoms with Crippen LogP contribution in [0, 0.1) is 0 Å². The number of aromatic nitrogens is 3. The van der Waals surface area contributed by atoms with Gasteiger partial charge in [-0.05, 0) is 78.2 Å². The zero-order valence-corrected chi connectivity index (χ0v) is 29.6. The molecule has 1 heterocycles. The van der Waals surface area contributed by atoms with Crippen LogP contribution in [0.1, 0.15) is 25.0 Å². The number of hydrogen-bond acceptors (Lipinski definition) is 3. The fourth-order valence-corrected chi connectivity index (χ4v) is 8.31. The van der Waals surface area contributed by atoms with Gasteiger partial charge in [0.05, 0.1) is 0 Å². The average molecular weight is 678 g/mol. The van der Waals surface area contributed by atoms with Gasteiger partial charge < -0.3 is 0 Å². The topological polar surface area (TPSA) is 38.7 Å². The van der Waals surface area contributed by atoms with Crippen LogP contribution < -0.4 is 0 Å². The van der Waals surface area contributed by atoms with Crippen LogP contribution in [0.2, 0.25) is 0 Å². The second kappa shape index (κ2) is 12.2. The SMILES string of the molecule is CC1(C)c2ccccc2-c2ccc(-c3ccc(-c4nc(-c5ccccc5)nc(-c5c(-c6ccccc6)ccc6ccccc56)n4)c4ccccc34)cc21. The molecule has 1 aliphatic carbocycles. The van der Waals surface area contributed by atoms with Crippen LogP contribution in [0.3, 0.4) is 0 Å². The molecule has 0 atom stereocenters. The molecule has 0 fully saturated rings. The highest BCUT2D eigenvalue weighted by Gasteiger charge is 2.35. The van der Waals surface area contributed by atoms with E-state index in [1.54, 1.807) is 0 Å². The first-order valence-corrected chi connectivity index (χ1v) is 18.2. The van der Waals surface area contributed by atoms with Crippen molar-refractivity contribution in [3.8, 4) is 67.5 Å². The van der Waals surface area contributed by atoms with Crippen molar-refractivity contribution >= 4 is 21.5 Å². The Labute approximate surface area is 309 Å². The predicted molar refractivity (Wildman–Crippen MR) is 220 cm³/mol. The van der Waals surface area contributed by atoms with E-state index < -0.39 is 0 Å². The number of benzene rings is 8. The summed E-state index contributed by atoms with van der Waals surface area (Å²) in [6, 6.07) is 62.5. The molecule has 53 heavy (non-hydrogen) atoms. The third kappa shape index (κ3) is 5.08. The Morgan fingerprint density at radius 3 is 1.68 bits per heavy atom. The Kier molecular flexibility index (Phi) is 7.16. The highest BCUT2D eigenvalue weighted by atomic mass is 15.0. The van der Waals surface area contributed by atoms with Crippen molar-refractivity contribution in [2.24, 2.45) is 0 Å². The lowest BCUT2D eigenvalue weighted by molar-refractivity contribution is 0.660. The van der Waals surface area contributed by atoms with Gasteiger partial charge in [0.1, 0.15) is 0 Å². The number of rotatable bonds is 5. The second-order valence-corrected chi connectivity index (χ2v) is 14.4. The zero-order chi connectivity index (χ0) is 35.5. The smallest absolute Gasteiger partial charge is 0.165 e. The molecule has 0 aliphatic heterocycles. The first kappa shape index (κ1) is 31.1. The van der Waals surface area contributed by atoms with Crippen LogP contribution in [0.25, 0.3) is 89.1 Å². The minimum absolute atomic E-state index is 0.0764. The Hall–Kier alpha value is -6.71. The van der Waals surface area contributed by atoms with Gasteiger partial charge in [-0.3, -0.25) is 0 Å². The normalized spacial score (nSPS) is 12.9. The van der Waals surface area contributed by atoms with E-state index in [0.29, 0.717) is 17.5 Å². The first-order chi connectivity index (χ1) is 26.0. The minimum Gasteiger partial charge on any atom is -0.208 e. The standard InChI is InChI=1S/C50H35N3/c1-50(2)44-24-14-13-23-41(44)42-28-26-35(31-45(42)50)36-29-30-43(40-22-12-11-21-39(36)40)48-51-47(34-18-7-4-8-19-34)52-49(53-48)46-37-20-10-9-17-33(37)25-27-38(46)32-15-5-3-6-16-32/h3-31H,1-2H3. The molecule has 0 saturated carbocycles. The van der Waals surface area contributed by atoms with Gasteiger partial charge in [-0.25, -0.2) is 15.0 Å². The molecule has 0 unspecified atom stereocenters. The molecule has 0 spiro atoms. The summed E-state index contributed by atoms with van der Waals surface area (Å²) in [5.41, 5.74) is 12.8. The van der Waals surface area contributed by atoms with E-state index in [1.165, 1.54) is 33.4 Å². The van der Waals surface area contributed by atoms with Crippen molar-refractivity contribution < 1.29 is 0 Å². The molecule has 3 heteroatoms. The lowest BCUT2D eigenvalue weighted by atomic mass is 9.81. The minimum atomic E-state index is -0.0764. The maximum absolute atomic E-state index is 5.36. The second-order valence-electron chi connectivity index (χ2n) is 14.4. The van der Waals surface area contributed by atoms with Crippen molar-refractivity contribution in [1.82, 2.24) is 15.0 Å². The molecule has 3 nitrogen and oxygen atoms in total. The number of fused-ring (bicyclic) bond motifs is 5. The highest BCUT2D eigenvalue weighted by molar-refractivity contribution is 6.06. The van der Waals surface area contributed by atoms with E-state index >= 15 is 0 Å². The van der Waals surface area contributed by atoms with E-state index in [1.807, 2.05) is 18.2 Å². The molecule has 1 aliphatic rings. The van der Waals surface area contributed by atoms with Gasteiger partial charge in [0, 0.05) is 22.1 Å². The fraction of sp³-hybridized carbons (Fsp3) is 0.0600. The summed E-state index contributed by atoms with van der Waals surface area (Å²) in [5, 5.41) is 4.51. The van der Waals surface area contributed by atoms with Gasteiger partial charge in [0.2, 0.25) is 0 Å². The molecule has 1 aromatic heterocycles. The Balaban J connectivity index is 1.19. The zero-order valence-electron chi connectivity index (χ0n) is 29.6. The van der Waals surface area contributed by atoms with Crippen LogP contribution in [0.15, 0.2) is 176 Å². The molecule has 0 radical (unpaired) electrons. The third-order valence-corrected chi connectivity index (χ3v) is 11.0. The fourth-order valence-electron chi connectivity index (χ4n) is 8.31. The third-order valence-electron chi connectivity index (χ3n) is 11.0. The Morgan fingerprint density at radius 1 is 0.340 bits per heavy atom. The van der Waals surface area contributed by atoms with Crippen molar-refractivity contribution in [2.45, 2.75) is 19.3 Å². The molecule has 250 valence electrons. The summed E-state index contributed by atoms with van der Waals surface area (Å²) in [6.45, 7) is 4.68. The lowest BCUT2D eigenvalue weighted by Crippen LogP contribution is -2.14. The summed E-state index contributed by atoms with van der Waals surface area (Å²) in [5.74, 6) is 1.94. The highest BCUT2D eigenvalue weighted by Crippen LogP contribution is 2.50. The van der Waals surface area contributed by atoms with Gasteiger partial charge >= 0.3 is 0 Å². The molecule has 0 amide bonds. The van der Waals surface area contributed by atoms with Crippen LogP contribution in [-0.4, -0.2) is 15.0 Å². The van der Waals surface area contributed by atoms with Crippen molar-refractivity contribution in [2.75, 3.05) is 0 Å². The molecular weight excluding hydrogens is 643 g/mol. The summed E-state index contributed by atoms with van der Waals surface area (Å²) < 4.78 is 0. The van der Waals surface area contributed by atoms with Crippen LogP contribution in [0.5, 0.6) is 0 Å². The van der Waals surface area contributed by atoms with Crippen molar-refractivity contribution in [3.05, 3.63) is 187 Å². The van der Waals surface area contributed by atoms with E-state index in [4.69, 9.17) is 15.0 Å². The van der Waals surface area contributed by atoms with Crippen LogP contribution >= 0.6 is 0 Å². The summed E-state index contributed by atoms with van der Waals surface area (Å²) in [4.78, 5) is 15.8.